The van der Waals surface area contributed by atoms with Crippen LogP contribution in [0.4, 0.5) is 31.2 Å². The Morgan fingerprint density at radius 3 is 2.57 bits per heavy atom. The van der Waals surface area contributed by atoms with Crippen LogP contribution >= 0.6 is 0 Å². The zero-order valence-corrected chi connectivity index (χ0v) is 23.0. The van der Waals surface area contributed by atoms with Crippen LogP contribution in [-0.2, 0) is 4.79 Å². The van der Waals surface area contributed by atoms with E-state index in [1.165, 1.54) is 25.5 Å². The minimum absolute atomic E-state index is 0.0116. The summed E-state index contributed by atoms with van der Waals surface area (Å²) in [4.78, 5) is 47.1. The second-order valence-electron chi connectivity index (χ2n) is 10.1. The molecule has 2 aromatic heterocycles. The van der Waals surface area contributed by atoms with Crippen LogP contribution in [-0.4, -0.2) is 79.4 Å². The number of carbonyl (C=O) groups is 3. The molecule has 0 aliphatic carbocycles. The molecular weight excluding hydrogens is 545 g/mol. The molecule has 1 aliphatic rings. The molecule has 0 spiro atoms. The van der Waals surface area contributed by atoms with Gasteiger partial charge < -0.3 is 31.3 Å². The summed E-state index contributed by atoms with van der Waals surface area (Å²) in [5.41, 5.74) is 9.05. The number of hydrogen-bond acceptors (Lipinski definition) is 7. The zero-order valence-electron chi connectivity index (χ0n) is 23.0. The van der Waals surface area contributed by atoms with E-state index in [9.17, 15) is 14.4 Å². The summed E-state index contributed by atoms with van der Waals surface area (Å²) >= 11 is 0. The minimum Gasteiger partial charge on any atom is -0.465 e. The summed E-state index contributed by atoms with van der Waals surface area (Å²) < 4.78 is 16.9. The van der Waals surface area contributed by atoms with Crippen molar-refractivity contribution in [2.75, 3.05) is 43.0 Å². The number of nitrogen functional groups attached to an aromatic ring is 1. The first-order valence-electron chi connectivity index (χ1n) is 13.3. The number of carbonyl (C=O) groups excluding carboxylic acids is 2. The molecule has 4 aromatic rings. The number of aromatic nitrogens is 4. The molecule has 0 unspecified atom stereocenters. The highest BCUT2D eigenvalue weighted by Crippen LogP contribution is 2.35. The van der Waals surface area contributed by atoms with E-state index in [1.54, 1.807) is 27.8 Å². The normalized spacial score (nSPS) is 13.6. The van der Waals surface area contributed by atoms with Gasteiger partial charge in [0.25, 0.3) is 0 Å². The van der Waals surface area contributed by atoms with E-state index in [0.717, 1.165) is 10.5 Å². The van der Waals surface area contributed by atoms with Crippen molar-refractivity contribution in [2.45, 2.75) is 25.8 Å². The lowest BCUT2D eigenvalue weighted by molar-refractivity contribution is -0.133. The van der Waals surface area contributed by atoms with Crippen molar-refractivity contribution >= 4 is 46.3 Å². The Bertz CT molecular complexity index is 1670. The average Bonchev–Trinajstić information content (AvgIpc) is 3.35. The topological polar surface area (TPSA) is 172 Å². The van der Waals surface area contributed by atoms with Crippen molar-refractivity contribution < 1.29 is 23.9 Å². The summed E-state index contributed by atoms with van der Waals surface area (Å²) in [6.07, 6.45) is 1.27. The maximum atomic E-state index is 15.2. The van der Waals surface area contributed by atoms with Crippen molar-refractivity contribution in [3.8, 4) is 11.3 Å². The Labute approximate surface area is 240 Å². The van der Waals surface area contributed by atoms with E-state index in [-0.39, 0.29) is 30.0 Å². The second-order valence-corrected chi connectivity index (χ2v) is 10.1. The van der Waals surface area contributed by atoms with Gasteiger partial charge in [-0.05, 0) is 49.6 Å². The van der Waals surface area contributed by atoms with E-state index < -0.39 is 17.9 Å². The van der Waals surface area contributed by atoms with Gasteiger partial charge in [0.15, 0.2) is 5.65 Å². The number of nitrogens with two attached hydrogens (primary N) is 1. The van der Waals surface area contributed by atoms with Crippen molar-refractivity contribution in [3.05, 3.63) is 60.2 Å². The fourth-order valence-corrected chi connectivity index (χ4v) is 4.95. The first-order chi connectivity index (χ1) is 20.1. The van der Waals surface area contributed by atoms with Crippen molar-refractivity contribution in [3.63, 3.8) is 0 Å². The first kappa shape index (κ1) is 28.3. The molecule has 3 heterocycles. The molecule has 0 radical (unpaired) electrons. The summed E-state index contributed by atoms with van der Waals surface area (Å²) in [7, 11) is 1.35. The van der Waals surface area contributed by atoms with Crippen LogP contribution in [0.2, 0.25) is 0 Å². The molecule has 0 bridgehead atoms. The summed E-state index contributed by atoms with van der Waals surface area (Å²) in [5, 5.41) is 19.5. The van der Waals surface area contributed by atoms with Crippen LogP contribution in [0.3, 0.4) is 0 Å². The lowest BCUT2D eigenvalue weighted by Crippen LogP contribution is -2.44. The van der Waals surface area contributed by atoms with Crippen molar-refractivity contribution in [1.82, 2.24) is 29.5 Å². The van der Waals surface area contributed by atoms with Crippen LogP contribution < -0.4 is 16.4 Å². The predicted molar refractivity (Wildman–Crippen MR) is 154 cm³/mol. The van der Waals surface area contributed by atoms with E-state index in [0.29, 0.717) is 53.9 Å². The second kappa shape index (κ2) is 11.7. The number of halogens is 1. The molecule has 4 amide bonds. The standard InChI is InChI=1S/C28H30FN9O4/c1-16-4-3-5-18(12-16)33-27(40)34-21-7-6-17(13-20(21)29)24-23-25(30)31-15-32-26(23)38(35-24)19-8-10-37(11-9-19)22(39)14-36(2)28(41)42/h3-7,12-13,15,19H,8-11,14H2,1-2H3,(H,41,42)(H2,30,31,32)(H2,33,34,40). The lowest BCUT2D eigenvalue weighted by atomic mass is 10.1. The monoisotopic (exact) mass is 575 g/mol. The van der Waals surface area contributed by atoms with Gasteiger partial charge in [-0.3, -0.25) is 4.79 Å². The molecule has 0 saturated carbocycles. The molecule has 13 nitrogen and oxygen atoms in total. The third kappa shape index (κ3) is 5.92. The van der Waals surface area contributed by atoms with Gasteiger partial charge in [0.1, 0.15) is 30.2 Å². The van der Waals surface area contributed by atoms with Crippen LogP contribution in [0.1, 0.15) is 24.4 Å². The SMILES string of the molecule is Cc1cccc(NC(=O)Nc2ccc(-c3nn(C4CCN(C(=O)CN(C)C(=O)O)CC4)c4ncnc(N)c34)cc2F)c1. The van der Waals surface area contributed by atoms with Gasteiger partial charge in [0, 0.05) is 31.4 Å². The third-order valence-corrected chi connectivity index (χ3v) is 7.15. The van der Waals surface area contributed by atoms with E-state index in [4.69, 9.17) is 15.9 Å². The Morgan fingerprint density at radius 2 is 1.88 bits per heavy atom. The number of rotatable bonds is 6. The molecule has 5 N–H and O–H groups in total. The first-order valence-corrected chi connectivity index (χ1v) is 13.3. The predicted octanol–water partition coefficient (Wildman–Crippen LogP) is 3.94. The Morgan fingerprint density at radius 1 is 1.12 bits per heavy atom. The Balaban J connectivity index is 1.35. The van der Waals surface area contributed by atoms with Crippen LogP contribution in [0.15, 0.2) is 48.8 Å². The number of fused-ring (bicyclic) bond motifs is 1. The van der Waals surface area contributed by atoms with Gasteiger partial charge in [-0.15, -0.1) is 0 Å². The average molecular weight is 576 g/mol. The van der Waals surface area contributed by atoms with Crippen molar-refractivity contribution in [2.24, 2.45) is 0 Å². The number of likely N-dealkylation sites (tertiary alicyclic amines) is 1. The maximum absolute atomic E-state index is 15.2. The number of hydrogen-bond donors (Lipinski definition) is 4. The number of amides is 4. The van der Waals surface area contributed by atoms with E-state index in [2.05, 4.69) is 20.6 Å². The molecule has 0 atom stereocenters. The van der Waals surface area contributed by atoms with E-state index >= 15 is 4.39 Å². The van der Waals surface area contributed by atoms with Crippen LogP contribution in [0.5, 0.6) is 0 Å². The largest absolute Gasteiger partial charge is 0.465 e. The van der Waals surface area contributed by atoms with Crippen molar-refractivity contribution in [1.29, 1.82) is 0 Å². The smallest absolute Gasteiger partial charge is 0.407 e. The molecule has 1 saturated heterocycles. The summed E-state index contributed by atoms with van der Waals surface area (Å²) in [5.74, 6) is -0.749. The third-order valence-electron chi connectivity index (χ3n) is 7.15. The quantitative estimate of drug-likeness (QED) is 0.268. The number of piperidine rings is 1. The molecule has 2 aromatic carbocycles. The number of nitrogens with zero attached hydrogens (tertiary/aromatic N) is 6. The fraction of sp³-hybridized carbons (Fsp3) is 0.286. The number of anilines is 3. The number of benzene rings is 2. The molecule has 42 heavy (non-hydrogen) atoms. The minimum atomic E-state index is -1.17. The van der Waals surface area contributed by atoms with Gasteiger partial charge in [-0.1, -0.05) is 18.2 Å². The number of likely N-dealkylation sites (N-methyl/N-ethyl adjacent to an activating group) is 1. The number of aryl methyl sites for hydroxylation is 1. The van der Waals surface area contributed by atoms with Gasteiger partial charge in [0.2, 0.25) is 5.91 Å². The number of carboxylic acid groups (broad SMARTS) is 1. The van der Waals surface area contributed by atoms with Gasteiger partial charge in [-0.2, -0.15) is 5.10 Å². The zero-order chi connectivity index (χ0) is 30.0. The molecule has 14 heteroatoms. The maximum Gasteiger partial charge on any atom is 0.407 e. The van der Waals surface area contributed by atoms with Gasteiger partial charge in [0.05, 0.1) is 17.1 Å². The Hall–Kier alpha value is -5.27. The van der Waals surface area contributed by atoms with E-state index in [1.807, 2.05) is 19.1 Å². The van der Waals surface area contributed by atoms with Crippen LogP contribution in [0.25, 0.3) is 22.3 Å². The van der Waals surface area contributed by atoms with Gasteiger partial charge in [-0.25, -0.2) is 28.6 Å². The molecule has 1 aliphatic heterocycles. The summed E-state index contributed by atoms with van der Waals surface area (Å²) in [6.45, 7) is 2.50. The Kier molecular flexibility index (Phi) is 7.86. The number of urea groups is 1. The molecular formula is C28H30FN9O4. The number of nitrogens with one attached hydrogen (secondary N) is 2. The highest BCUT2D eigenvalue weighted by atomic mass is 19.1. The highest BCUT2D eigenvalue weighted by molar-refractivity contribution is 6.01. The fourth-order valence-electron chi connectivity index (χ4n) is 4.95. The van der Waals surface area contributed by atoms with Crippen LogP contribution in [0, 0.1) is 12.7 Å². The molecule has 5 rings (SSSR count). The molecule has 1 fully saturated rings. The summed E-state index contributed by atoms with van der Waals surface area (Å²) in [6, 6.07) is 10.9. The highest BCUT2D eigenvalue weighted by Gasteiger charge is 2.29. The molecule has 218 valence electrons. The van der Waals surface area contributed by atoms with Gasteiger partial charge >= 0.3 is 12.1 Å². The lowest BCUT2D eigenvalue weighted by Gasteiger charge is -2.33.